The molecule has 0 saturated carbocycles. The number of benzene rings is 2. The molecule has 1 N–H and O–H groups in total. The number of methoxy groups -OCH3 is 2. The summed E-state index contributed by atoms with van der Waals surface area (Å²) in [5.41, 5.74) is 3.64. The van der Waals surface area contributed by atoms with Gasteiger partial charge in [-0.2, -0.15) is 0 Å². The molecule has 0 bridgehead atoms. The van der Waals surface area contributed by atoms with Crippen molar-refractivity contribution in [3.05, 3.63) is 76.7 Å². The van der Waals surface area contributed by atoms with Crippen LogP contribution in [0, 0.1) is 0 Å². The third-order valence-electron chi connectivity index (χ3n) is 5.78. The lowest BCUT2D eigenvalue weighted by atomic mass is 10.1. The van der Waals surface area contributed by atoms with Crippen LogP contribution in [0.15, 0.2) is 71.0 Å². The van der Waals surface area contributed by atoms with Gasteiger partial charge in [0.1, 0.15) is 11.5 Å². The number of nitrogens with one attached hydrogen (secondary N) is 1. The summed E-state index contributed by atoms with van der Waals surface area (Å²) in [7, 11) is 3.44. The Balaban J connectivity index is 1.27. The quantitative estimate of drug-likeness (QED) is 0.491. The standard InChI is InChI=1S/C25H30ClN3O2S/c1-30-23-6-4-3-5-22(23)29-15-13-28(14-16-29)18-19-7-10-21(11-8-19)27-32-25-17-20(26)9-12-24(25)31-2/h5-12,17,27H,3-4,13-16,18H2,1-2H3. The van der Waals surface area contributed by atoms with E-state index in [4.69, 9.17) is 21.1 Å². The maximum Gasteiger partial charge on any atom is 0.137 e. The molecule has 0 spiro atoms. The van der Waals surface area contributed by atoms with Gasteiger partial charge in [-0.3, -0.25) is 4.90 Å². The van der Waals surface area contributed by atoms with Crippen LogP contribution in [0.25, 0.3) is 0 Å². The Labute approximate surface area is 200 Å². The van der Waals surface area contributed by atoms with Crippen LogP contribution in [0.5, 0.6) is 5.75 Å². The average Bonchev–Trinajstić information content (AvgIpc) is 2.84. The number of nitrogens with zero attached hydrogens (tertiary/aromatic N) is 2. The predicted molar refractivity (Wildman–Crippen MR) is 133 cm³/mol. The molecular weight excluding hydrogens is 442 g/mol. The minimum atomic E-state index is 0.694. The third kappa shape index (κ3) is 5.74. The molecule has 0 aromatic heterocycles. The van der Waals surface area contributed by atoms with Crippen molar-refractivity contribution >= 4 is 29.2 Å². The smallest absolute Gasteiger partial charge is 0.137 e. The molecule has 7 heteroatoms. The van der Waals surface area contributed by atoms with Gasteiger partial charge in [-0.1, -0.05) is 29.8 Å². The van der Waals surface area contributed by atoms with Gasteiger partial charge < -0.3 is 19.1 Å². The molecule has 2 aliphatic rings. The van der Waals surface area contributed by atoms with E-state index in [9.17, 15) is 0 Å². The maximum absolute atomic E-state index is 6.12. The SMILES string of the molecule is COC1=CCCC=C1N1CCN(Cc2ccc(NSc3cc(Cl)ccc3OC)cc2)CC1. The lowest BCUT2D eigenvalue weighted by Crippen LogP contribution is -2.45. The monoisotopic (exact) mass is 471 g/mol. The Morgan fingerprint density at radius 2 is 1.69 bits per heavy atom. The van der Waals surface area contributed by atoms with E-state index >= 15 is 0 Å². The lowest BCUT2D eigenvalue weighted by molar-refractivity contribution is 0.143. The lowest BCUT2D eigenvalue weighted by Gasteiger charge is -2.38. The summed E-state index contributed by atoms with van der Waals surface area (Å²) in [5.74, 6) is 1.83. The molecule has 2 aromatic carbocycles. The van der Waals surface area contributed by atoms with Crippen molar-refractivity contribution in [2.24, 2.45) is 0 Å². The van der Waals surface area contributed by atoms with E-state index in [0.717, 1.165) is 67.7 Å². The van der Waals surface area contributed by atoms with Crippen LogP contribution >= 0.6 is 23.5 Å². The fourth-order valence-electron chi connectivity index (χ4n) is 4.04. The Kier molecular flexibility index (Phi) is 7.90. The Hall–Kier alpha value is -2.28. The number of piperazine rings is 1. The van der Waals surface area contributed by atoms with Crippen LogP contribution in [0.4, 0.5) is 5.69 Å². The van der Waals surface area contributed by atoms with E-state index in [0.29, 0.717) is 5.02 Å². The molecule has 0 unspecified atom stereocenters. The molecular formula is C25H30ClN3O2S. The minimum absolute atomic E-state index is 0.694. The van der Waals surface area contributed by atoms with Crippen molar-refractivity contribution in [2.75, 3.05) is 45.1 Å². The summed E-state index contributed by atoms with van der Waals surface area (Å²) >= 11 is 7.62. The second-order valence-electron chi connectivity index (χ2n) is 7.90. The van der Waals surface area contributed by atoms with Crippen LogP contribution < -0.4 is 9.46 Å². The molecule has 0 amide bonds. The highest BCUT2D eigenvalue weighted by molar-refractivity contribution is 8.00. The van der Waals surface area contributed by atoms with Gasteiger partial charge in [-0.05, 0) is 66.8 Å². The van der Waals surface area contributed by atoms with Crippen LogP contribution in [-0.4, -0.2) is 50.2 Å². The Bertz CT molecular complexity index is 970. The highest BCUT2D eigenvalue weighted by Gasteiger charge is 2.22. The molecule has 2 aromatic rings. The number of anilines is 1. The molecule has 1 fully saturated rings. The normalized spacial score (nSPS) is 16.9. The molecule has 1 saturated heterocycles. The van der Waals surface area contributed by atoms with E-state index in [1.54, 1.807) is 14.2 Å². The molecule has 1 heterocycles. The van der Waals surface area contributed by atoms with Crippen molar-refractivity contribution < 1.29 is 9.47 Å². The van der Waals surface area contributed by atoms with Gasteiger partial charge in [0.25, 0.3) is 0 Å². The molecule has 1 aliphatic carbocycles. The summed E-state index contributed by atoms with van der Waals surface area (Å²) in [4.78, 5) is 5.94. The van der Waals surface area contributed by atoms with Crippen LogP contribution in [0.1, 0.15) is 18.4 Å². The maximum atomic E-state index is 6.12. The summed E-state index contributed by atoms with van der Waals surface area (Å²) in [6, 6.07) is 14.3. The van der Waals surface area contributed by atoms with E-state index in [2.05, 4.69) is 50.9 Å². The van der Waals surface area contributed by atoms with Crippen LogP contribution in [0.3, 0.4) is 0 Å². The van der Waals surface area contributed by atoms with E-state index in [1.807, 2.05) is 18.2 Å². The number of allylic oxidation sites excluding steroid dienone is 2. The highest BCUT2D eigenvalue weighted by Crippen LogP contribution is 2.32. The summed E-state index contributed by atoms with van der Waals surface area (Å²) in [6.45, 7) is 5.14. The number of ether oxygens (including phenoxy) is 2. The largest absolute Gasteiger partial charge is 0.496 e. The zero-order valence-corrected chi connectivity index (χ0v) is 20.2. The average molecular weight is 472 g/mol. The fourth-order valence-corrected chi connectivity index (χ4v) is 5.08. The highest BCUT2D eigenvalue weighted by atomic mass is 35.5. The number of halogens is 1. The zero-order valence-electron chi connectivity index (χ0n) is 18.6. The zero-order chi connectivity index (χ0) is 22.3. The van der Waals surface area contributed by atoms with Crippen molar-refractivity contribution in [1.82, 2.24) is 9.80 Å². The van der Waals surface area contributed by atoms with Crippen molar-refractivity contribution in [3.8, 4) is 5.75 Å². The molecule has 1 aliphatic heterocycles. The summed E-state index contributed by atoms with van der Waals surface area (Å²) in [6.07, 6.45) is 6.70. The van der Waals surface area contributed by atoms with Gasteiger partial charge in [0, 0.05) is 43.4 Å². The molecule has 32 heavy (non-hydrogen) atoms. The summed E-state index contributed by atoms with van der Waals surface area (Å²) in [5, 5.41) is 0.694. The first-order chi connectivity index (χ1) is 15.7. The van der Waals surface area contributed by atoms with Gasteiger partial charge in [0.2, 0.25) is 0 Å². The van der Waals surface area contributed by atoms with Gasteiger partial charge in [-0.25, -0.2) is 0 Å². The minimum Gasteiger partial charge on any atom is -0.496 e. The van der Waals surface area contributed by atoms with Gasteiger partial charge in [-0.15, -0.1) is 0 Å². The second kappa shape index (κ2) is 11.0. The molecule has 0 atom stereocenters. The van der Waals surface area contributed by atoms with Crippen molar-refractivity contribution in [1.29, 1.82) is 0 Å². The molecule has 4 rings (SSSR count). The van der Waals surface area contributed by atoms with Crippen molar-refractivity contribution in [3.63, 3.8) is 0 Å². The van der Waals surface area contributed by atoms with Gasteiger partial charge in [0.15, 0.2) is 0 Å². The number of hydrogen-bond acceptors (Lipinski definition) is 6. The molecule has 0 radical (unpaired) electrons. The van der Waals surface area contributed by atoms with Gasteiger partial charge in [0.05, 0.1) is 24.8 Å². The van der Waals surface area contributed by atoms with Gasteiger partial charge >= 0.3 is 0 Å². The Morgan fingerprint density at radius 1 is 0.938 bits per heavy atom. The first kappa shape index (κ1) is 22.9. The van der Waals surface area contributed by atoms with Crippen molar-refractivity contribution in [2.45, 2.75) is 24.3 Å². The molecule has 170 valence electrons. The second-order valence-corrected chi connectivity index (χ2v) is 9.18. The number of hydrogen-bond donors (Lipinski definition) is 1. The third-order valence-corrected chi connectivity index (χ3v) is 6.90. The number of rotatable bonds is 8. The topological polar surface area (TPSA) is 37.0 Å². The fraction of sp³-hybridized carbons (Fsp3) is 0.360. The summed E-state index contributed by atoms with van der Waals surface area (Å²) < 4.78 is 14.4. The molecule has 5 nitrogen and oxygen atoms in total. The first-order valence-electron chi connectivity index (χ1n) is 10.9. The van der Waals surface area contributed by atoms with E-state index in [1.165, 1.54) is 23.2 Å². The Morgan fingerprint density at radius 3 is 2.41 bits per heavy atom. The van der Waals surface area contributed by atoms with Crippen LogP contribution in [0.2, 0.25) is 5.02 Å². The predicted octanol–water partition coefficient (Wildman–Crippen LogP) is 5.79. The van der Waals surface area contributed by atoms with Crippen LogP contribution in [-0.2, 0) is 11.3 Å². The van der Waals surface area contributed by atoms with E-state index < -0.39 is 0 Å². The van der Waals surface area contributed by atoms with E-state index in [-0.39, 0.29) is 0 Å². The first-order valence-corrected chi connectivity index (χ1v) is 12.1.